The Morgan fingerprint density at radius 1 is 1.32 bits per heavy atom. The summed E-state index contributed by atoms with van der Waals surface area (Å²) in [6, 6.07) is 0. The molecule has 102 valence electrons. The first-order chi connectivity index (χ1) is 8.88. The summed E-state index contributed by atoms with van der Waals surface area (Å²) in [7, 11) is 0. The van der Waals surface area contributed by atoms with Crippen LogP contribution < -0.4 is 5.32 Å². The highest BCUT2D eigenvalue weighted by molar-refractivity contribution is 5.85. The molecule has 5 nitrogen and oxygen atoms in total. The number of nitrogens with one attached hydrogen (secondary N) is 1. The maximum Gasteiger partial charge on any atom is 0.140 e. The molecule has 0 aromatic carbocycles. The van der Waals surface area contributed by atoms with Gasteiger partial charge in [0.15, 0.2) is 0 Å². The predicted molar refractivity (Wildman–Crippen MR) is 73.5 cm³/mol. The Labute approximate surface area is 117 Å². The second-order valence-corrected chi connectivity index (χ2v) is 4.96. The molecule has 0 spiro atoms. The maximum atomic E-state index is 5.47. The van der Waals surface area contributed by atoms with Gasteiger partial charge in [0.25, 0.3) is 0 Å². The number of fused-ring (bicyclic) bond motifs is 5. The summed E-state index contributed by atoms with van der Waals surface area (Å²) in [6.45, 7) is 4.99. The molecule has 1 N–H and O–H groups in total. The fourth-order valence-corrected chi connectivity index (χ4v) is 3.06. The van der Waals surface area contributed by atoms with Crippen molar-refractivity contribution in [3.63, 3.8) is 0 Å². The van der Waals surface area contributed by atoms with Gasteiger partial charge in [0.05, 0.1) is 11.4 Å². The number of hydrogen-bond donors (Lipinski definition) is 1. The lowest BCUT2D eigenvalue weighted by molar-refractivity contribution is 0.387. The summed E-state index contributed by atoms with van der Waals surface area (Å²) < 4.78 is 7.59. The van der Waals surface area contributed by atoms with E-state index in [4.69, 9.17) is 9.62 Å². The van der Waals surface area contributed by atoms with Crippen molar-refractivity contribution in [1.82, 2.24) is 20.3 Å². The zero-order chi connectivity index (χ0) is 12.1. The molecule has 6 heteroatoms. The second-order valence-electron chi connectivity index (χ2n) is 4.96. The van der Waals surface area contributed by atoms with Crippen LogP contribution in [-0.2, 0) is 32.4 Å². The van der Waals surface area contributed by atoms with Crippen LogP contribution in [0.4, 0.5) is 0 Å². The van der Waals surface area contributed by atoms with E-state index in [2.05, 4.69) is 22.1 Å². The van der Waals surface area contributed by atoms with Crippen molar-refractivity contribution >= 4 is 12.4 Å². The molecular weight excluding hydrogens is 264 g/mol. The van der Waals surface area contributed by atoms with E-state index in [1.165, 1.54) is 22.5 Å². The normalized spacial score (nSPS) is 16.3. The van der Waals surface area contributed by atoms with Crippen LogP contribution in [0.2, 0.25) is 0 Å². The highest BCUT2D eigenvalue weighted by Crippen LogP contribution is 2.35. The smallest absolute Gasteiger partial charge is 0.140 e. The third-order valence-electron chi connectivity index (χ3n) is 3.96. The highest BCUT2D eigenvalue weighted by Gasteiger charge is 2.30. The van der Waals surface area contributed by atoms with Crippen molar-refractivity contribution in [3.05, 3.63) is 22.6 Å². The van der Waals surface area contributed by atoms with Crippen molar-refractivity contribution in [2.75, 3.05) is 6.54 Å². The number of hydrogen-bond acceptors (Lipinski definition) is 4. The molecule has 2 aromatic rings. The van der Waals surface area contributed by atoms with Gasteiger partial charge in [-0.3, -0.25) is 4.68 Å². The van der Waals surface area contributed by atoms with Crippen LogP contribution in [0.25, 0.3) is 11.4 Å². The van der Waals surface area contributed by atoms with Gasteiger partial charge < -0.3 is 9.84 Å². The first-order valence-electron chi connectivity index (χ1n) is 6.65. The summed E-state index contributed by atoms with van der Waals surface area (Å²) in [5.74, 6) is 1.04. The lowest BCUT2D eigenvalue weighted by Crippen LogP contribution is -2.23. The van der Waals surface area contributed by atoms with E-state index in [0.29, 0.717) is 0 Å². The van der Waals surface area contributed by atoms with E-state index < -0.39 is 0 Å². The molecule has 0 amide bonds. The van der Waals surface area contributed by atoms with Gasteiger partial charge in [0.1, 0.15) is 11.5 Å². The summed E-state index contributed by atoms with van der Waals surface area (Å²) in [5, 5.41) is 12.4. The van der Waals surface area contributed by atoms with Crippen molar-refractivity contribution in [1.29, 1.82) is 0 Å². The number of aromatic nitrogens is 3. The molecule has 2 aliphatic rings. The van der Waals surface area contributed by atoms with E-state index in [-0.39, 0.29) is 12.4 Å². The quantitative estimate of drug-likeness (QED) is 0.864. The van der Waals surface area contributed by atoms with Gasteiger partial charge >= 0.3 is 0 Å². The standard InChI is InChI=1S/C13H16N4O.ClH/c1-2-11-8-4-6-17-13(12(8)16-18-11)9-7-14-5-3-10(9)15-17;/h14H,2-7H2,1H3;1H. The maximum absolute atomic E-state index is 5.47. The minimum Gasteiger partial charge on any atom is -0.360 e. The Morgan fingerprint density at radius 2 is 2.21 bits per heavy atom. The van der Waals surface area contributed by atoms with Crippen LogP contribution >= 0.6 is 12.4 Å². The van der Waals surface area contributed by atoms with E-state index >= 15 is 0 Å². The molecule has 0 aliphatic carbocycles. The molecule has 4 heterocycles. The first-order valence-corrected chi connectivity index (χ1v) is 6.65. The zero-order valence-electron chi connectivity index (χ0n) is 10.9. The van der Waals surface area contributed by atoms with Crippen LogP contribution in [0.15, 0.2) is 4.52 Å². The van der Waals surface area contributed by atoms with Gasteiger partial charge in [-0.1, -0.05) is 12.1 Å². The minimum atomic E-state index is 0. The molecule has 2 aliphatic heterocycles. The highest BCUT2D eigenvalue weighted by atomic mass is 35.5. The van der Waals surface area contributed by atoms with E-state index in [9.17, 15) is 0 Å². The Morgan fingerprint density at radius 3 is 3.05 bits per heavy atom. The zero-order valence-corrected chi connectivity index (χ0v) is 11.7. The van der Waals surface area contributed by atoms with E-state index in [1.807, 2.05) is 0 Å². The number of nitrogens with zero attached hydrogens (tertiary/aromatic N) is 3. The van der Waals surface area contributed by atoms with Gasteiger partial charge in [0.2, 0.25) is 0 Å². The van der Waals surface area contributed by atoms with Gasteiger partial charge in [-0.05, 0) is 6.42 Å². The topological polar surface area (TPSA) is 55.9 Å². The molecule has 0 saturated heterocycles. The fraction of sp³-hybridized carbons (Fsp3) is 0.538. The SMILES string of the molecule is CCc1onc2c1CCn1nc3c(c1-2)CNCC3.Cl. The van der Waals surface area contributed by atoms with Crippen molar-refractivity contribution in [2.45, 2.75) is 39.3 Å². The van der Waals surface area contributed by atoms with Gasteiger partial charge in [-0.2, -0.15) is 5.10 Å². The molecular formula is C13H17ClN4O. The van der Waals surface area contributed by atoms with Gasteiger partial charge in [-0.25, -0.2) is 0 Å². The fourth-order valence-electron chi connectivity index (χ4n) is 3.06. The monoisotopic (exact) mass is 280 g/mol. The average molecular weight is 281 g/mol. The lowest BCUT2D eigenvalue weighted by atomic mass is 9.98. The minimum absolute atomic E-state index is 0. The van der Waals surface area contributed by atoms with E-state index in [1.54, 1.807) is 0 Å². The Bertz CT molecular complexity index is 616. The molecule has 4 rings (SSSR count). The van der Waals surface area contributed by atoms with Crippen LogP contribution in [0.3, 0.4) is 0 Å². The summed E-state index contributed by atoms with van der Waals surface area (Å²) in [4.78, 5) is 0. The molecule has 0 atom stereocenters. The third kappa shape index (κ3) is 1.72. The lowest BCUT2D eigenvalue weighted by Gasteiger charge is -2.15. The summed E-state index contributed by atoms with van der Waals surface area (Å²) in [6.07, 6.45) is 2.92. The third-order valence-corrected chi connectivity index (χ3v) is 3.96. The molecule has 0 saturated carbocycles. The molecule has 19 heavy (non-hydrogen) atoms. The molecule has 0 radical (unpaired) electrons. The van der Waals surface area contributed by atoms with Crippen LogP contribution in [-0.4, -0.2) is 21.5 Å². The molecule has 0 bridgehead atoms. The van der Waals surface area contributed by atoms with Crippen molar-refractivity contribution < 1.29 is 4.52 Å². The van der Waals surface area contributed by atoms with Crippen molar-refractivity contribution in [2.24, 2.45) is 0 Å². The average Bonchev–Trinajstić information content (AvgIpc) is 2.98. The number of halogens is 1. The molecule has 0 unspecified atom stereocenters. The second kappa shape index (κ2) is 4.65. The van der Waals surface area contributed by atoms with Crippen LogP contribution in [0.1, 0.15) is 29.5 Å². The number of rotatable bonds is 1. The van der Waals surface area contributed by atoms with Crippen LogP contribution in [0, 0.1) is 0 Å². The molecule has 0 fully saturated rings. The Balaban J connectivity index is 0.00000110. The number of aryl methyl sites for hydroxylation is 2. The van der Waals surface area contributed by atoms with Crippen molar-refractivity contribution in [3.8, 4) is 11.4 Å². The van der Waals surface area contributed by atoms with E-state index in [0.717, 1.165) is 50.4 Å². The van der Waals surface area contributed by atoms with Gasteiger partial charge in [-0.15, -0.1) is 12.4 Å². The van der Waals surface area contributed by atoms with Crippen LogP contribution in [0.5, 0.6) is 0 Å². The van der Waals surface area contributed by atoms with Gasteiger partial charge in [0, 0.05) is 43.6 Å². The first kappa shape index (κ1) is 12.7. The summed E-state index contributed by atoms with van der Waals surface area (Å²) >= 11 is 0. The molecule has 2 aromatic heterocycles. The largest absolute Gasteiger partial charge is 0.360 e. The predicted octanol–water partition coefficient (Wildman–Crippen LogP) is 1.72. The Kier molecular flexibility index (Phi) is 3.11. The Hall–Kier alpha value is -1.33. The summed E-state index contributed by atoms with van der Waals surface area (Å²) in [5.41, 5.74) is 6.05.